The summed E-state index contributed by atoms with van der Waals surface area (Å²) in [6.45, 7) is 2.48. The molecule has 0 aliphatic carbocycles. The molecule has 3 aromatic carbocycles. The number of anilines is 1. The van der Waals surface area contributed by atoms with Crippen LogP contribution >= 0.6 is 0 Å². The zero-order valence-corrected chi connectivity index (χ0v) is 19.3. The number of ether oxygens (including phenoxy) is 3. The van der Waals surface area contributed by atoms with Crippen molar-refractivity contribution in [2.75, 3.05) is 25.2 Å². The topological polar surface area (TPSA) is 94.2 Å². The zero-order chi connectivity index (χ0) is 24.8. The van der Waals surface area contributed by atoms with E-state index in [4.69, 9.17) is 14.2 Å². The number of nitrogens with zero attached hydrogens (tertiary/aromatic N) is 1. The second kappa shape index (κ2) is 10.6. The summed E-state index contributed by atoms with van der Waals surface area (Å²) < 4.78 is 16.8. The lowest BCUT2D eigenvalue weighted by molar-refractivity contribution is -0.122. The molecule has 1 heterocycles. The van der Waals surface area contributed by atoms with Gasteiger partial charge in [0.15, 0.2) is 11.5 Å². The summed E-state index contributed by atoms with van der Waals surface area (Å²) in [4.78, 5) is 38.9. The number of hydrogen-bond acceptors (Lipinski definition) is 6. The number of carbonyl (C=O) groups is 3. The van der Waals surface area contributed by atoms with Crippen LogP contribution in [-0.2, 0) is 9.59 Å². The third-order valence-corrected chi connectivity index (χ3v) is 5.21. The van der Waals surface area contributed by atoms with E-state index in [-0.39, 0.29) is 5.57 Å². The van der Waals surface area contributed by atoms with E-state index < -0.39 is 17.8 Å². The van der Waals surface area contributed by atoms with Crippen LogP contribution in [0.5, 0.6) is 17.2 Å². The van der Waals surface area contributed by atoms with Gasteiger partial charge >= 0.3 is 6.03 Å². The van der Waals surface area contributed by atoms with E-state index in [1.807, 2.05) is 43.3 Å². The minimum Gasteiger partial charge on any atom is -0.493 e. The molecule has 0 bridgehead atoms. The van der Waals surface area contributed by atoms with Gasteiger partial charge in [0, 0.05) is 0 Å². The molecule has 1 aliphatic rings. The van der Waals surface area contributed by atoms with E-state index >= 15 is 0 Å². The molecule has 3 aromatic rings. The van der Waals surface area contributed by atoms with Gasteiger partial charge in [0.25, 0.3) is 11.8 Å². The molecule has 4 rings (SSSR count). The van der Waals surface area contributed by atoms with E-state index in [2.05, 4.69) is 5.32 Å². The number of aryl methyl sites for hydroxylation is 1. The third-order valence-electron chi connectivity index (χ3n) is 5.21. The van der Waals surface area contributed by atoms with Gasteiger partial charge in [-0.15, -0.1) is 0 Å². The quantitative estimate of drug-likeness (QED) is 0.301. The number of amides is 4. The highest BCUT2D eigenvalue weighted by atomic mass is 16.5. The lowest BCUT2D eigenvalue weighted by atomic mass is 10.1. The molecule has 0 atom stereocenters. The number of benzene rings is 3. The van der Waals surface area contributed by atoms with Crippen LogP contribution in [0.1, 0.15) is 11.1 Å². The van der Waals surface area contributed by atoms with E-state index in [1.54, 1.807) is 36.4 Å². The average molecular weight is 472 g/mol. The van der Waals surface area contributed by atoms with Crippen LogP contribution in [0.4, 0.5) is 10.5 Å². The number of methoxy groups -OCH3 is 1. The molecule has 0 saturated carbocycles. The normalized spacial score (nSPS) is 14.6. The van der Waals surface area contributed by atoms with Gasteiger partial charge < -0.3 is 14.2 Å². The molecular formula is C27H24N2O6. The fourth-order valence-electron chi connectivity index (χ4n) is 3.55. The molecule has 0 unspecified atom stereocenters. The first kappa shape index (κ1) is 23.6. The minimum atomic E-state index is -0.790. The summed E-state index contributed by atoms with van der Waals surface area (Å²) in [7, 11) is 1.50. The van der Waals surface area contributed by atoms with Gasteiger partial charge in [-0.1, -0.05) is 36.4 Å². The van der Waals surface area contributed by atoms with Crippen LogP contribution in [-0.4, -0.2) is 38.2 Å². The highest BCUT2D eigenvalue weighted by Crippen LogP contribution is 2.30. The van der Waals surface area contributed by atoms with Crippen LogP contribution in [0.2, 0.25) is 0 Å². The molecule has 1 fully saturated rings. The number of carbonyl (C=O) groups excluding carboxylic acids is 3. The molecule has 8 nitrogen and oxygen atoms in total. The molecule has 1 saturated heterocycles. The molecular weight excluding hydrogens is 448 g/mol. The van der Waals surface area contributed by atoms with Crippen LogP contribution in [0.25, 0.3) is 6.08 Å². The maximum absolute atomic E-state index is 13.1. The first-order valence-corrected chi connectivity index (χ1v) is 10.9. The maximum atomic E-state index is 13.1. The van der Waals surface area contributed by atoms with Crippen molar-refractivity contribution in [1.29, 1.82) is 0 Å². The van der Waals surface area contributed by atoms with Crippen molar-refractivity contribution < 1.29 is 28.6 Å². The van der Waals surface area contributed by atoms with Gasteiger partial charge in [-0.05, 0) is 60.5 Å². The zero-order valence-electron chi connectivity index (χ0n) is 19.3. The number of imide groups is 2. The Bertz CT molecular complexity index is 1290. The molecule has 1 N–H and O–H groups in total. The fraction of sp³-hybridized carbons (Fsp3) is 0.148. The predicted octanol–water partition coefficient (Wildman–Crippen LogP) is 4.13. The Morgan fingerprint density at radius 3 is 2.37 bits per heavy atom. The summed E-state index contributed by atoms with van der Waals surface area (Å²) in [5, 5.41) is 2.22. The second-order valence-electron chi connectivity index (χ2n) is 7.72. The van der Waals surface area contributed by atoms with Crippen molar-refractivity contribution in [3.05, 3.63) is 89.5 Å². The number of rotatable bonds is 8. The summed E-state index contributed by atoms with van der Waals surface area (Å²) >= 11 is 0. The standard InChI is InChI=1S/C27H24N2O6/c1-18-7-6-8-20(15-18)29-26(31)22(25(30)28-27(29)32)16-19-11-12-23(24(17-19)33-2)35-14-13-34-21-9-4-3-5-10-21/h3-12,15-17H,13-14H2,1-2H3,(H,28,30,32)/b22-16+. The Hall–Kier alpha value is -4.59. The highest BCUT2D eigenvalue weighted by Gasteiger charge is 2.36. The van der Waals surface area contributed by atoms with E-state index in [9.17, 15) is 14.4 Å². The van der Waals surface area contributed by atoms with Crippen LogP contribution < -0.4 is 24.4 Å². The van der Waals surface area contributed by atoms with Gasteiger partial charge in [0.05, 0.1) is 12.8 Å². The van der Waals surface area contributed by atoms with Gasteiger partial charge in [-0.25, -0.2) is 9.69 Å². The monoisotopic (exact) mass is 472 g/mol. The summed E-state index contributed by atoms with van der Waals surface area (Å²) in [5.41, 5.74) is 1.62. The van der Waals surface area contributed by atoms with Crippen LogP contribution in [0, 0.1) is 6.92 Å². The molecule has 4 amide bonds. The van der Waals surface area contributed by atoms with Gasteiger partial charge in [-0.3, -0.25) is 14.9 Å². The van der Waals surface area contributed by atoms with Gasteiger partial charge in [0.2, 0.25) is 0 Å². The molecule has 1 aliphatic heterocycles. The molecule has 8 heteroatoms. The smallest absolute Gasteiger partial charge is 0.335 e. The van der Waals surface area contributed by atoms with E-state index in [0.717, 1.165) is 16.2 Å². The number of para-hydroxylation sites is 1. The van der Waals surface area contributed by atoms with Crippen molar-refractivity contribution in [3.63, 3.8) is 0 Å². The fourth-order valence-corrected chi connectivity index (χ4v) is 3.55. The number of hydrogen-bond donors (Lipinski definition) is 1. The van der Waals surface area contributed by atoms with Gasteiger partial charge in [0.1, 0.15) is 24.5 Å². The lowest BCUT2D eigenvalue weighted by Crippen LogP contribution is -2.54. The molecule has 0 spiro atoms. The van der Waals surface area contributed by atoms with E-state index in [1.165, 1.54) is 13.2 Å². The van der Waals surface area contributed by atoms with E-state index in [0.29, 0.717) is 36.0 Å². The number of barbiturate groups is 1. The van der Waals surface area contributed by atoms with Gasteiger partial charge in [-0.2, -0.15) is 0 Å². The average Bonchev–Trinajstić information content (AvgIpc) is 2.85. The maximum Gasteiger partial charge on any atom is 0.335 e. The Labute approximate surface area is 202 Å². The SMILES string of the molecule is COc1cc(/C=C2\C(=O)NC(=O)N(c3cccc(C)c3)C2=O)ccc1OCCOc1ccccc1. The summed E-state index contributed by atoms with van der Waals surface area (Å²) in [6.07, 6.45) is 1.41. The minimum absolute atomic E-state index is 0.168. The molecule has 35 heavy (non-hydrogen) atoms. The predicted molar refractivity (Wildman–Crippen MR) is 131 cm³/mol. The third kappa shape index (κ3) is 5.50. The molecule has 0 aromatic heterocycles. The van der Waals surface area contributed by atoms with Crippen LogP contribution in [0.3, 0.4) is 0 Å². The highest BCUT2D eigenvalue weighted by molar-refractivity contribution is 6.39. The lowest BCUT2D eigenvalue weighted by Gasteiger charge is -2.26. The Morgan fingerprint density at radius 2 is 1.63 bits per heavy atom. The van der Waals surface area contributed by atoms with Crippen LogP contribution in [0.15, 0.2) is 78.4 Å². The number of urea groups is 1. The van der Waals surface area contributed by atoms with Crippen molar-refractivity contribution in [3.8, 4) is 17.2 Å². The first-order chi connectivity index (χ1) is 17.0. The molecule has 178 valence electrons. The Balaban J connectivity index is 1.50. The Kier molecular flexibility index (Phi) is 7.11. The van der Waals surface area contributed by atoms with Crippen molar-refractivity contribution in [2.24, 2.45) is 0 Å². The summed E-state index contributed by atoms with van der Waals surface area (Å²) in [5.74, 6) is 0.193. The van der Waals surface area contributed by atoms with Crippen molar-refractivity contribution >= 4 is 29.6 Å². The molecule has 0 radical (unpaired) electrons. The second-order valence-corrected chi connectivity index (χ2v) is 7.72. The largest absolute Gasteiger partial charge is 0.493 e. The summed E-state index contributed by atoms with van der Waals surface area (Å²) in [6, 6.07) is 20.6. The number of nitrogens with one attached hydrogen (secondary N) is 1. The van der Waals surface area contributed by atoms with Crippen molar-refractivity contribution in [1.82, 2.24) is 5.32 Å². The first-order valence-electron chi connectivity index (χ1n) is 10.9. The van der Waals surface area contributed by atoms with Crippen molar-refractivity contribution in [2.45, 2.75) is 6.92 Å². The Morgan fingerprint density at radius 1 is 0.857 bits per heavy atom.